The van der Waals surface area contributed by atoms with Crippen LogP contribution in [0.3, 0.4) is 0 Å². The molecule has 0 amide bonds. The maximum atomic E-state index is 6.10. The summed E-state index contributed by atoms with van der Waals surface area (Å²) in [7, 11) is 0. The lowest BCUT2D eigenvalue weighted by Crippen LogP contribution is -2.28. The van der Waals surface area contributed by atoms with Gasteiger partial charge in [0.25, 0.3) is 0 Å². The molecule has 1 aromatic rings. The van der Waals surface area contributed by atoms with E-state index in [0.717, 1.165) is 18.9 Å². The molecule has 0 fully saturated rings. The van der Waals surface area contributed by atoms with E-state index in [9.17, 15) is 0 Å². The zero-order chi connectivity index (χ0) is 11.4. The quantitative estimate of drug-likeness (QED) is 0.860. The van der Waals surface area contributed by atoms with Gasteiger partial charge in [-0.15, -0.1) is 0 Å². The van der Waals surface area contributed by atoms with Gasteiger partial charge in [0.05, 0.1) is 16.9 Å². The second-order valence-electron chi connectivity index (χ2n) is 4.01. The monoisotopic (exact) mass is 227 g/mol. The van der Waals surface area contributed by atoms with E-state index in [2.05, 4.69) is 30.7 Å². The van der Waals surface area contributed by atoms with Gasteiger partial charge in [0.2, 0.25) is 0 Å². The summed E-state index contributed by atoms with van der Waals surface area (Å²) in [5.74, 6) is 1.41. The Labute approximate surface area is 96.2 Å². The van der Waals surface area contributed by atoms with Crippen molar-refractivity contribution in [2.24, 2.45) is 5.92 Å². The molecular formula is C11H18ClN3. The number of hydrogen-bond donors (Lipinski definition) is 1. The second kappa shape index (κ2) is 5.21. The predicted molar refractivity (Wildman–Crippen MR) is 66.4 cm³/mol. The normalized spacial score (nSPS) is 10.7. The van der Waals surface area contributed by atoms with E-state index in [0.29, 0.717) is 16.6 Å². The third-order valence-electron chi connectivity index (χ3n) is 2.11. The first kappa shape index (κ1) is 12.1. The third kappa shape index (κ3) is 3.27. The molecule has 0 aromatic carbocycles. The van der Waals surface area contributed by atoms with Gasteiger partial charge < -0.3 is 10.6 Å². The molecule has 4 heteroatoms. The van der Waals surface area contributed by atoms with Crippen molar-refractivity contribution in [2.75, 3.05) is 23.7 Å². The third-order valence-corrected chi connectivity index (χ3v) is 2.39. The molecule has 0 unspecified atom stereocenters. The number of pyridine rings is 1. The molecule has 0 radical (unpaired) electrons. The maximum Gasteiger partial charge on any atom is 0.147 e. The number of nitrogens with two attached hydrogens (primary N) is 1. The highest BCUT2D eigenvalue weighted by atomic mass is 35.5. The molecule has 0 atom stereocenters. The average Bonchev–Trinajstić information content (AvgIpc) is 2.14. The Balaban J connectivity index is 2.91. The number of aromatic nitrogens is 1. The van der Waals surface area contributed by atoms with Crippen LogP contribution in [0, 0.1) is 5.92 Å². The van der Waals surface area contributed by atoms with Gasteiger partial charge in [0.1, 0.15) is 5.82 Å². The number of halogens is 1. The van der Waals surface area contributed by atoms with Gasteiger partial charge in [0, 0.05) is 13.1 Å². The van der Waals surface area contributed by atoms with Crippen molar-refractivity contribution in [1.82, 2.24) is 4.98 Å². The van der Waals surface area contributed by atoms with Crippen LogP contribution in [0.1, 0.15) is 20.8 Å². The van der Waals surface area contributed by atoms with E-state index in [-0.39, 0.29) is 0 Å². The summed E-state index contributed by atoms with van der Waals surface area (Å²) in [5.41, 5.74) is 6.21. The highest BCUT2D eigenvalue weighted by Gasteiger charge is 2.11. The topological polar surface area (TPSA) is 42.2 Å². The van der Waals surface area contributed by atoms with Crippen molar-refractivity contribution in [3.63, 3.8) is 0 Å². The largest absolute Gasteiger partial charge is 0.397 e. The summed E-state index contributed by atoms with van der Waals surface area (Å²) in [5, 5.41) is 0.623. The fraction of sp³-hybridized carbons (Fsp3) is 0.545. The van der Waals surface area contributed by atoms with E-state index in [1.807, 2.05) is 0 Å². The molecular weight excluding hydrogens is 210 g/mol. The van der Waals surface area contributed by atoms with Crippen molar-refractivity contribution < 1.29 is 0 Å². The lowest BCUT2D eigenvalue weighted by molar-refractivity contribution is 0.614. The minimum absolute atomic E-state index is 0.584. The lowest BCUT2D eigenvalue weighted by atomic mass is 10.2. The van der Waals surface area contributed by atoms with E-state index in [1.54, 1.807) is 12.3 Å². The maximum absolute atomic E-state index is 6.10. The molecule has 84 valence electrons. The number of rotatable bonds is 4. The SMILES string of the molecule is CCN(CC(C)C)c1ncc(N)cc1Cl. The van der Waals surface area contributed by atoms with Crippen molar-refractivity contribution in [1.29, 1.82) is 0 Å². The highest BCUT2D eigenvalue weighted by Crippen LogP contribution is 2.25. The van der Waals surface area contributed by atoms with Gasteiger partial charge in [-0.05, 0) is 18.9 Å². The van der Waals surface area contributed by atoms with E-state index in [4.69, 9.17) is 17.3 Å². The second-order valence-corrected chi connectivity index (χ2v) is 4.41. The van der Waals surface area contributed by atoms with Crippen LogP contribution in [-0.2, 0) is 0 Å². The molecule has 0 aliphatic rings. The van der Waals surface area contributed by atoms with E-state index >= 15 is 0 Å². The Hall–Kier alpha value is -0.960. The molecule has 2 N–H and O–H groups in total. The highest BCUT2D eigenvalue weighted by molar-refractivity contribution is 6.33. The summed E-state index contributed by atoms with van der Waals surface area (Å²) < 4.78 is 0. The summed E-state index contributed by atoms with van der Waals surface area (Å²) in [6.45, 7) is 8.29. The van der Waals surface area contributed by atoms with Gasteiger partial charge in [-0.3, -0.25) is 0 Å². The molecule has 1 aromatic heterocycles. The Morgan fingerprint density at radius 3 is 2.67 bits per heavy atom. The van der Waals surface area contributed by atoms with Crippen LogP contribution in [0.2, 0.25) is 5.02 Å². The van der Waals surface area contributed by atoms with Crippen LogP contribution in [-0.4, -0.2) is 18.1 Å². The van der Waals surface area contributed by atoms with Gasteiger partial charge in [-0.1, -0.05) is 25.4 Å². The summed E-state index contributed by atoms with van der Waals surface area (Å²) in [6.07, 6.45) is 1.64. The molecule has 0 aliphatic heterocycles. The van der Waals surface area contributed by atoms with E-state index < -0.39 is 0 Å². The smallest absolute Gasteiger partial charge is 0.147 e. The molecule has 15 heavy (non-hydrogen) atoms. The number of nitrogen functional groups attached to an aromatic ring is 1. The standard InChI is InChI=1S/C11H18ClN3/c1-4-15(7-8(2)3)11-10(12)5-9(13)6-14-11/h5-6,8H,4,7,13H2,1-3H3. The predicted octanol–water partition coefficient (Wildman–Crippen LogP) is 2.80. The zero-order valence-corrected chi connectivity index (χ0v) is 10.3. The lowest BCUT2D eigenvalue weighted by Gasteiger charge is -2.24. The van der Waals surface area contributed by atoms with Gasteiger partial charge >= 0.3 is 0 Å². The molecule has 0 saturated carbocycles. The summed E-state index contributed by atoms with van der Waals surface area (Å²) in [6, 6.07) is 1.74. The average molecular weight is 228 g/mol. The Morgan fingerprint density at radius 2 is 2.20 bits per heavy atom. The molecule has 3 nitrogen and oxygen atoms in total. The van der Waals surface area contributed by atoms with Crippen LogP contribution in [0.15, 0.2) is 12.3 Å². The molecule has 0 aliphatic carbocycles. The fourth-order valence-corrected chi connectivity index (χ4v) is 1.78. The van der Waals surface area contributed by atoms with Gasteiger partial charge in [-0.25, -0.2) is 4.98 Å². The molecule has 1 rings (SSSR count). The molecule has 0 bridgehead atoms. The minimum atomic E-state index is 0.584. The van der Waals surface area contributed by atoms with Crippen LogP contribution in [0.5, 0.6) is 0 Å². The fourth-order valence-electron chi connectivity index (χ4n) is 1.48. The molecule has 0 spiro atoms. The number of hydrogen-bond acceptors (Lipinski definition) is 3. The first-order valence-electron chi connectivity index (χ1n) is 5.20. The summed E-state index contributed by atoms with van der Waals surface area (Å²) >= 11 is 6.10. The first-order chi connectivity index (χ1) is 7.04. The minimum Gasteiger partial charge on any atom is -0.397 e. The van der Waals surface area contributed by atoms with Crippen LogP contribution in [0.4, 0.5) is 11.5 Å². The van der Waals surface area contributed by atoms with Crippen molar-refractivity contribution >= 4 is 23.1 Å². The number of nitrogens with zero attached hydrogens (tertiary/aromatic N) is 2. The van der Waals surface area contributed by atoms with Crippen LogP contribution in [0.25, 0.3) is 0 Å². The van der Waals surface area contributed by atoms with Crippen molar-refractivity contribution in [3.05, 3.63) is 17.3 Å². The van der Waals surface area contributed by atoms with E-state index in [1.165, 1.54) is 0 Å². The van der Waals surface area contributed by atoms with Crippen LogP contribution >= 0.6 is 11.6 Å². The Kier molecular flexibility index (Phi) is 4.21. The first-order valence-corrected chi connectivity index (χ1v) is 5.58. The number of anilines is 2. The van der Waals surface area contributed by atoms with Crippen LogP contribution < -0.4 is 10.6 Å². The van der Waals surface area contributed by atoms with Crippen molar-refractivity contribution in [3.8, 4) is 0 Å². The Morgan fingerprint density at radius 1 is 1.53 bits per heavy atom. The molecule has 0 saturated heterocycles. The van der Waals surface area contributed by atoms with Gasteiger partial charge in [0.15, 0.2) is 0 Å². The van der Waals surface area contributed by atoms with Gasteiger partial charge in [-0.2, -0.15) is 0 Å². The molecule has 1 heterocycles. The zero-order valence-electron chi connectivity index (χ0n) is 9.50. The Bertz CT molecular complexity index is 326. The van der Waals surface area contributed by atoms with Crippen molar-refractivity contribution in [2.45, 2.75) is 20.8 Å². The summed E-state index contributed by atoms with van der Waals surface area (Å²) in [4.78, 5) is 6.43.